The molecule has 0 aliphatic heterocycles. The molecule has 1 aliphatic rings. The van der Waals surface area contributed by atoms with Gasteiger partial charge in [0.05, 0.1) is 5.56 Å². The first-order valence-electron chi connectivity index (χ1n) is 5.11. The second-order valence-corrected chi connectivity index (χ2v) is 4.00. The second kappa shape index (κ2) is 3.62. The predicted molar refractivity (Wildman–Crippen MR) is 56.4 cm³/mol. The zero-order valence-electron chi connectivity index (χ0n) is 8.44. The van der Waals surface area contributed by atoms with E-state index in [0.29, 0.717) is 18.4 Å². The van der Waals surface area contributed by atoms with Crippen LogP contribution in [-0.4, -0.2) is 21.5 Å². The molecule has 80 valence electrons. The van der Waals surface area contributed by atoms with Gasteiger partial charge in [-0.05, 0) is 37.8 Å². The van der Waals surface area contributed by atoms with Crippen molar-refractivity contribution in [1.82, 2.24) is 4.98 Å². The van der Waals surface area contributed by atoms with Crippen molar-refractivity contribution in [2.45, 2.75) is 31.3 Å². The molecule has 1 saturated carbocycles. The first-order chi connectivity index (χ1) is 7.13. The van der Waals surface area contributed by atoms with E-state index in [-0.39, 0.29) is 11.6 Å². The van der Waals surface area contributed by atoms with E-state index in [1.165, 1.54) is 6.20 Å². The van der Waals surface area contributed by atoms with Crippen molar-refractivity contribution in [1.29, 1.82) is 0 Å². The lowest BCUT2D eigenvalue weighted by atomic mass is 9.92. The second-order valence-electron chi connectivity index (χ2n) is 4.00. The van der Waals surface area contributed by atoms with Crippen molar-refractivity contribution in [3.63, 3.8) is 0 Å². The molecule has 0 radical (unpaired) electrons. The Morgan fingerprint density at radius 2 is 2.13 bits per heavy atom. The highest BCUT2D eigenvalue weighted by molar-refractivity contribution is 6.05. The van der Waals surface area contributed by atoms with Gasteiger partial charge in [0.25, 0.3) is 0 Å². The number of pyridine rings is 1. The third-order valence-corrected chi connectivity index (χ3v) is 2.94. The molecule has 0 unspecified atom stereocenters. The number of aromatic nitrogens is 1. The minimum Gasteiger partial charge on any atom is -0.383 e. The molecular weight excluding hydrogens is 192 g/mol. The van der Waals surface area contributed by atoms with Gasteiger partial charge in [0.2, 0.25) is 0 Å². The Hall–Kier alpha value is -1.42. The Kier molecular flexibility index (Phi) is 2.44. The molecule has 0 atom stereocenters. The molecule has 4 heteroatoms. The third-order valence-electron chi connectivity index (χ3n) is 2.94. The molecule has 0 spiro atoms. The molecular formula is C11H14N2O2. The van der Waals surface area contributed by atoms with Crippen molar-refractivity contribution in [2.75, 3.05) is 5.73 Å². The summed E-state index contributed by atoms with van der Waals surface area (Å²) in [4.78, 5) is 15.9. The highest BCUT2D eigenvalue weighted by Crippen LogP contribution is 2.33. The maximum Gasteiger partial charge on any atom is 0.198 e. The number of aliphatic hydroxyl groups is 1. The van der Waals surface area contributed by atoms with Crippen LogP contribution in [0.3, 0.4) is 0 Å². The molecule has 3 N–H and O–H groups in total. The van der Waals surface area contributed by atoms with E-state index < -0.39 is 5.60 Å². The number of nitrogens with two attached hydrogens (primary N) is 1. The normalized spacial score (nSPS) is 19.0. The minimum atomic E-state index is -1.21. The first kappa shape index (κ1) is 10.1. The highest BCUT2D eigenvalue weighted by atomic mass is 16.3. The molecule has 0 saturated heterocycles. The van der Waals surface area contributed by atoms with Crippen LogP contribution >= 0.6 is 0 Å². The summed E-state index contributed by atoms with van der Waals surface area (Å²) < 4.78 is 0. The van der Waals surface area contributed by atoms with Gasteiger partial charge in [-0.2, -0.15) is 0 Å². The topological polar surface area (TPSA) is 76.2 Å². The smallest absolute Gasteiger partial charge is 0.198 e. The van der Waals surface area contributed by atoms with Gasteiger partial charge in [-0.25, -0.2) is 4.98 Å². The van der Waals surface area contributed by atoms with Gasteiger partial charge in [0, 0.05) is 6.20 Å². The van der Waals surface area contributed by atoms with E-state index in [1.54, 1.807) is 12.1 Å². The summed E-state index contributed by atoms with van der Waals surface area (Å²) in [6, 6.07) is 3.27. The zero-order chi connectivity index (χ0) is 10.9. The highest BCUT2D eigenvalue weighted by Gasteiger charge is 2.39. The average Bonchev–Trinajstić information content (AvgIpc) is 2.66. The standard InChI is InChI=1S/C11H14N2O2/c12-10-8(4-3-7-13-10)9(14)11(15)5-1-2-6-11/h3-4,7,15H,1-2,5-6H2,(H2,12,13). The van der Waals surface area contributed by atoms with Gasteiger partial charge in [-0.15, -0.1) is 0 Å². The van der Waals surface area contributed by atoms with Crippen LogP contribution in [0.25, 0.3) is 0 Å². The number of nitrogens with zero attached hydrogens (tertiary/aromatic N) is 1. The maximum absolute atomic E-state index is 12.0. The number of anilines is 1. The van der Waals surface area contributed by atoms with Gasteiger partial charge in [-0.1, -0.05) is 0 Å². The van der Waals surface area contributed by atoms with Crippen molar-refractivity contribution >= 4 is 11.6 Å². The Bertz CT molecular complexity index is 384. The Balaban J connectivity index is 2.32. The lowest BCUT2D eigenvalue weighted by Gasteiger charge is -2.20. The SMILES string of the molecule is Nc1ncccc1C(=O)C1(O)CCCC1. The predicted octanol–water partition coefficient (Wildman–Crippen LogP) is 1.15. The van der Waals surface area contributed by atoms with Gasteiger partial charge in [0.15, 0.2) is 5.78 Å². The van der Waals surface area contributed by atoms with E-state index in [2.05, 4.69) is 4.98 Å². The lowest BCUT2D eigenvalue weighted by molar-refractivity contribution is 0.0354. The van der Waals surface area contributed by atoms with Crippen molar-refractivity contribution in [2.24, 2.45) is 0 Å². The Morgan fingerprint density at radius 1 is 1.47 bits per heavy atom. The number of Topliss-reactive ketones (excluding diaryl/α,β-unsaturated/α-hetero) is 1. The molecule has 1 heterocycles. The fraction of sp³-hybridized carbons (Fsp3) is 0.455. The van der Waals surface area contributed by atoms with E-state index in [1.807, 2.05) is 0 Å². The summed E-state index contributed by atoms with van der Waals surface area (Å²) in [6.07, 6.45) is 4.37. The molecule has 2 rings (SSSR count). The number of hydrogen-bond donors (Lipinski definition) is 2. The van der Waals surface area contributed by atoms with Crippen LogP contribution in [-0.2, 0) is 0 Å². The summed E-state index contributed by atoms with van der Waals surface area (Å²) in [7, 11) is 0. The van der Waals surface area contributed by atoms with Gasteiger partial charge in [-0.3, -0.25) is 4.79 Å². The molecule has 4 nitrogen and oxygen atoms in total. The molecule has 1 fully saturated rings. The molecule has 0 aromatic carbocycles. The van der Waals surface area contributed by atoms with Crippen LogP contribution in [0, 0.1) is 0 Å². The molecule has 1 aliphatic carbocycles. The van der Waals surface area contributed by atoms with Crippen molar-refractivity contribution in [3.8, 4) is 0 Å². The van der Waals surface area contributed by atoms with Gasteiger partial charge in [0.1, 0.15) is 11.4 Å². The van der Waals surface area contributed by atoms with Crippen molar-refractivity contribution < 1.29 is 9.90 Å². The largest absolute Gasteiger partial charge is 0.383 e. The van der Waals surface area contributed by atoms with Crippen LogP contribution in [0.1, 0.15) is 36.0 Å². The number of carbonyl (C=O) groups excluding carboxylic acids is 1. The van der Waals surface area contributed by atoms with E-state index >= 15 is 0 Å². The van der Waals surface area contributed by atoms with Crippen LogP contribution in [0.4, 0.5) is 5.82 Å². The Labute approximate surface area is 88.1 Å². The van der Waals surface area contributed by atoms with Crippen LogP contribution in [0.2, 0.25) is 0 Å². The Morgan fingerprint density at radius 3 is 2.73 bits per heavy atom. The number of rotatable bonds is 2. The van der Waals surface area contributed by atoms with E-state index in [0.717, 1.165) is 12.8 Å². The molecule has 0 bridgehead atoms. The first-order valence-corrected chi connectivity index (χ1v) is 5.11. The van der Waals surface area contributed by atoms with Crippen molar-refractivity contribution in [3.05, 3.63) is 23.9 Å². The third kappa shape index (κ3) is 1.72. The number of ketones is 1. The van der Waals surface area contributed by atoms with E-state index in [9.17, 15) is 9.90 Å². The van der Waals surface area contributed by atoms with Crippen LogP contribution in [0.15, 0.2) is 18.3 Å². The summed E-state index contributed by atoms with van der Waals surface area (Å²) in [5.41, 5.74) is 4.73. The summed E-state index contributed by atoms with van der Waals surface area (Å²) in [5, 5.41) is 10.1. The summed E-state index contributed by atoms with van der Waals surface area (Å²) in [6.45, 7) is 0. The van der Waals surface area contributed by atoms with Gasteiger partial charge < -0.3 is 10.8 Å². The number of nitrogen functional groups attached to an aromatic ring is 1. The van der Waals surface area contributed by atoms with Gasteiger partial charge >= 0.3 is 0 Å². The molecule has 0 amide bonds. The molecule has 1 aromatic rings. The summed E-state index contributed by atoms with van der Waals surface area (Å²) >= 11 is 0. The fourth-order valence-corrected chi connectivity index (χ4v) is 2.05. The molecule has 1 aromatic heterocycles. The molecule has 15 heavy (non-hydrogen) atoms. The average molecular weight is 206 g/mol. The lowest BCUT2D eigenvalue weighted by Crippen LogP contribution is -2.35. The monoisotopic (exact) mass is 206 g/mol. The maximum atomic E-state index is 12.0. The minimum absolute atomic E-state index is 0.197. The van der Waals surface area contributed by atoms with Crippen LogP contribution in [0.5, 0.6) is 0 Å². The quantitative estimate of drug-likeness (QED) is 0.712. The fourth-order valence-electron chi connectivity index (χ4n) is 2.05. The number of hydrogen-bond acceptors (Lipinski definition) is 4. The summed E-state index contributed by atoms with van der Waals surface area (Å²) in [5.74, 6) is -0.0894. The number of carbonyl (C=O) groups is 1. The van der Waals surface area contributed by atoms with E-state index in [4.69, 9.17) is 5.73 Å². The zero-order valence-corrected chi connectivity index (χ0v) is 8.44. The van der Waals surface area contributed by atoms with Crippen LogP contribution < -0.4 is 5.73 Å².